The molecule has 0 aromatic carbocycles. The molecule has 0 heterocycles. The fourth-order valence-electron chi connectivity index (χ4n) is 1.47. The second kappa shape index (κ2) is 6.84. The lowest BCUT2D eigenvalue weighted by molar-refractivity contribution is 0.302. The van der Waals surface area contributed by atoms with Crippen molar-refractivity contribution in [3.63, 3.8) is 0 Å². The van der Waals surface area contributed by atoms with Crippen molar-refractivity contribution in [3.8, 4) is 0 Å². The van der Waals surface area contributed by atoms with Gasteiger partial charge in [0.2, 0.25) is 0 Å². The highest BCUT2D eigenvalue weighted by atomic mass is 16.4. The lowest BCUT2D eigenvalue weighted by atomic mass is 9.86. The van der Waals surface area contributed by atoms with E-state index in [0.29, 0.717) is 11.3 Å². The van der Waals surface area contributed by atoms with E-state index in [4.69, 9.17) is 10.9 Å². The van der Waals surface area contributed by atoms with Gasteiger partial charge in [-0.25, -0.2) is 0 Å². The quantitative estimate of drug-likeness (QED) is 0.202. The van der Waals surface area contributed by atoms with Gasteiger partial charge in [-0.3, -0.25) is 0 Å². The highest BCUT2D eigenvalue weighted by Crippen LogP contribution is 2.22. The Kier molecular flexibility index (Phi) is 6.53. The lowest BCUT2D eigenvalue weighted by Gasteiger charge is -2.25. The number of nitrogens with two attached hydrogens (primary N) is 1. The number of rotatable bonds is 8. The van der Waals surface area contributed by atoms with Crippen LogP contribution in [0.5, 0.6) is 0 Å². The van der Waals surface area contributed by atoms with Crippen LogP contribution in [0.1, 0.15) is 53.9 Å². The summed E-state index contributed by atoms with van der Waals surface area (Å²) >= 11 is 0. The predicted octanol–water partition coefficient (Wildman–Crippen LogP) is 2.56. The lowest BCUT2D eigenvalue weighted by Crippen LogP contribution is -2.34. The molecule has 4 heteroatoms. The number of nitrogens with one attached hydrogen (secondary N) is 1. The number of hydrogen-bond donors (Lipinski definition) is 3. The van der Waals surface area contributed by atoms with Gasteiger partial charge in [0, 0.05) is 12.0 Å². The van der Waals surface area contributed by atoms with Gasteiger partial charge in [0.15, 0.2) is 0 Å². The predicted molar refractivity (Wildman–Crippen MR) is 73.4 cm³/mol. The van der Waals surface area contributed by atoms with Crippen LogP contribution < -0.4 is 11.1 Å². The summed E-state index contributed by atoms with van der Waals surface area (Å²) in [6.45, 7) is 12.7. The highest BCUT2D eigenvalue weighted by molar-refractivity contribution is 5.85. The van der Waals surface area contributed by atoms with Crippen molar-refractivity contribution >= 4 is 5.84 Å². The zero-order valence-electron chi connectivity index (χ0n) is 12.0. The summed E-state index contributed by atoms with van der Waals surface area (Å²) in [7, 11) is 0. The summed E-state index contributed by atoms with van der Waals surface area (Å²) in [6, 6.07) is 0. The van der Waals surface area contributed by atoms with Crippen LogP contribution in [0.4, 0.5) is 0 Å². The van der Waals surface area contributed by atoms with Gasteiger partial charge in [-0.15, -0.1) is 0 Å². The first kappa shape index (κ1) is 16.2. The van der Waals surface area contributed by atoms with E-state index in [2.05, 4.69) is 31.2 Å². The minimum Gasteiger partial charge on any atom is -0.409 e. The first-order valence-corrected chi connectivity index (χ1v) is 6.44. The Morgan fingerprint density at radius 3 is 2.35 bits per heavy atom. The molecule has 102 valence electrons. The van der Waals surface area contributed by atoms with Crippen molar-refractivity contribution in [2.45, 2.75) is 53.9 Å². The van der Waals surface area contributed by atoms with Crippen molar-refractivity contribution in [1.82, 2.24) is 5.32 Å². The molecule has 4 N–H and O–H groups in total. The third-order valence-corrected chi connectivity index (χ3v) is 3.52. The van der Waals surface area contributed by atoms with Gasteiger partial charge in [0.25, 0.3) is 0 Å². The molecule has 0 saturated carbocycles. The Hall–Kier alpha value is -0.770. The van der Waals surface area contributed by atoms with Gasteiger partial charge in [0.05, 0.1) is 0 Å². The Labute approximate surface area is 106 Å². The Balaban J connectivity index is 3.79. The van der Waals surface area contributed by atoms with E-state index in [1.165, 1.54) is 6.42 Å². The van der Waals surface area contributed by atoms with Crippen LogP contribution in [0, 0.1) is 10.8 Å². The van der Waals surface area contributed by atoms with Crippen LogP contribution in [0.25, 0.3) is 0 Å². The van der Waals surface area contributed by atoms with Crippen LogP contribution in [0.15, 0.2) is 5.16 Å². The SMILES string of the molecule is CCC(C)(C)CNCCCC(C)(C)C(N)=NO. The molecule has 0 aromatic rings. The van der Waals surface area contributed by atoms with E-state index in [1.807, 2.05) is 13.8 Å². The minimum atomic E-state index is -0.225. The fourth-order valence-corrected chi connectivity index (χ4v) is 1.47. The third kappa shape index (κ3) is 6.51. The molecule has 0 atom stereocenters. The second-order valence-corrected chi connectivity index (χ2v) is 6.17. The maximum absolute atomic E-state index is 8.66. The van der Waals surface area contributed by atoms with Crippen molar-refractivity contribution in [2.24, 2.45) is 21.7 Å². The van der Waals surface area contributed by atoms with Crippen molar-refractivity contribution in [1.29, 1.82) is 0 Å². The average molecular weight is 243 g/mol. The van der Waals surface area contributed by atoms with Gasteiger partial charge in [0.1, 0.15) is 5.84 Å². The number of hydrogen-bond acceptors (Lipinski definition) is 3. The molecular formula is C13H29N3O. The molecule has 0 aliphatic carbocycles. The summed E-state index contributed by atoms with van der Waals surface area (Å²) in [5.41, 5.74) is 5.77. The summed E-state index contributed by atoms with van der Waals surface area (Å²) in [6.07, 6.45) is 3.13. The minimum absolute atomic E-state index is 0.225. The molecule has 17 heavy (non-hydrogen) atoms. The average Bonchev–Trinajstić information content (AvgIpc) is 2.27. The first-order chi connectivity index (χ1) is 7.75. The zero-order chi connectivity index (χ0) is 13.5. The molecule has 0 spiro atoms. The molecule has 0 saturated heterocycles. The molecule has 0 fully saturated rings. The van der Waals surface area contributed by atoms with Crippen LogP contribution in [0.2, 0.25) is 0 Å². The Morgan fingerprint density at radius 1 is 1.29 bits per heavy atom. The third-order valence-electron chi connectivity index (χ3n) is 3.52. The summed E-state index contributed by atoms with van der Waals surface area (Å²) < 4.78 is 0. The van der Waals surface area contributed by atoms with E-state index < -0.39 is 0 Å². The maximum Gasteiger partial charge on any atom is 0.144 e. The fraction of sp³-hybridized carbons (Fsp3) is 0.923. The van der Waals surface area contributed by atoms with Crippen molar-refractivity contribution in [3.05, 3.63) is 0 Å². The molecule has 0 aliphatic rings. The normalized spacial score (nSPS) is 14.1. The molecular weight excluding hydrogens is 214 g/mol. The molecule has 0 aliphatic heterocycles. The smallest absolute Gasteiger partial charge is 0.144 e. The van der Waals surface area contributed by atoms with Crippen molar-refractivity contribution < 1.29 is 5.21 Å². The van der Waals surface area contributed by atoms with Crippen LogP contribution in [-0.2, 0) is 0 Å². The molecule has 0 rings (SSSR count). The van der Waals surface area contributed by atoms with Gasteiger partial charge >= 0.3 is 0 Å². The molecule has 0 bridgehead atoms. The largest absolute Gasteiger partial charge is 0.409 e. The second-order valence-electron chi connectivity index (χ2n) is 6.17. The molecule has 0 radical (unpaired) electrons. The van der Waals surface area contributed by atoms with Crippen LogP contribution in [-0.4, -0.2) is 24.1 Å². The van der Waals surface area contributed by atoms with E-state index in [-0.39, 0.29) is 5.41 Å². The van der Waals surface area contributed by atoms with Crippen molar-refractivity contribution in [2.75, 3.05) is 13.1 Å². The van der Waals surface area contributed by atoms with Crippen LogP contribution in [0.3, 0.4) is 0 Å². The van der Waals surface area contributed by atoms with E-state index in [1.54, 1.807) is 0 Å². The summed E-state index contributed by atoms with van der Waals surface area (Å²) in [4.78, 5) is 0. The van der Waals surface area contributed by atoms with Gasteiger partial charge in [-0.1, -0.05) is 39.8 Å². The standard InChI is InChI=1S/C13H29N3O/c1-6-12(2,3)10-15-9-7-8-13(4,5)11(14)16-17/h15,17H,6-10H2,1-5H3,(H2,14,16). The van der Waals surface area contributed by atoms with E-state index in [9.17, 15) is 0 Å². The number of oxime groups is 1. The maximum atomic E-state index is 8.66. The molecule has 0 amide bonds. The highest BCUT2D eigenvalue weighted by Gasteiger charge is 2.22. The van der Waals surface area contributed by atoms with Gasteiger partial charge < -0.3 is 16.3 Å². The number of amidine groups is 1. The first-order valence-electron chi connectivity index (χ1n) is 6.44. The summed E-state index contributed by atoms with van der Waals surface area (Å²) in [5, 5.41) is 15.2. The number of nitrogens with zero attached hydrogens (tertiary/aromatic N) is 1. The topological polar surface area (TPSA) is 70.6 Å². The van der Waals surface area contributed by atoms with E-state index >= 15 is 0 Å². The van der Waals surface area contributed by atoms with Gasteiger partial charge in [-0.2, -0.15) is 0 Å². The van der Waals surface area contributed by atoms with Gasteiger partial charge in [-0.05, 0) is 31.2 Å². The van der Waals surface area contributed by atoms with E-state index in [0.717, 1.165) is 25.9 Å². The zero-order valence-corrected chi connectivity index (χ0v) is 12.0. The molecule has 4 nitrogen and oxygen atoms in total. The monoisotopic (exact) mass is 243 g/mol. The summed E-state index contributed by atoms with van der Waals surface area (Å²) in [5.74, 6) is 0.311. The Morgan fingerprint density at radius 2 is 1.88 bits per heavy atom. The Bertz CT molecular complexity index is 247. The van der Waals surface area contributed by atoms with Crippen LogP contribution >= 0.6 is 0 Å². The molecule has 0 aromatic heterocycles. The molecule has 0 unspecified atom stereocenters.